The van der Waals surface area contributed by atoms with Crippen LogP contribution in [0.5, 0.6) is 0 Å². The molecule has 0 aliphatic carbocycles. The van der Waals surface area contributed by atoms with Crippen LogP contribution in [-0.2, 0) is 22.7 Å². The number of carbonyl (C=O) groups is 3. The zero-order valence-electron chi connectivity index (χ0n) is 22.1. The van der Waals surface area contributed by atoms with Crippen molar-refractivity contribution in [3.8, 4) is 17.2 Å². The third-order valence-corrected chi connectivity index (χ3v) is 7.50. The monoisotopic (exact) mass is 567 g/mol. The number of nitrogens with zero attached hydrogens (tertiary/aromatic N) is 5. The van der Waals surface area contributed by atoms with Gasteiger partial charge in [0.2, 0.25) is 11.8 Å². The van der Waals surface area contributed by atoms with Gasteiger partial charge in [-0.05, 0) is 29.3 Å². The topological polar surface area (TPSA) is 146 Å². The summed E-state index contributed by atoms with van der Waals surface area (Å²) >= 11 is 0. The van der Waals surface area contributed by atoms with Crippen LogP contribution in [0.2, 0.25) is 0 Å². The predicted molar refractivity (Wildman–Crippen MR) is 150 cm³/mol. The van der Waals surface area contributed by atoms with Crippen molar-refractivity contribution < 1.29 is 23.2 Å². The Morgan fingerprint density at radius 3 is 2.69 bits per heavy atom. The Morgan fingerprint density at radius 1 is 1.10 bits per heavy atom. The standard InChI is InChI=1S/C30H23F2N7O3/c31-18-11-25(38(14-18)26(40)15-39-24-7-2-1-4-20(24)28(37-39)29(34)41)30(42)36-22-6-3-5-19(27(22)32)16-8-9-17-13-35-23(12-33)21(17)10-16/h1-10,18,25H,11,13-15H2,(H2,34,41)(H,36,42)/t18-,25+/m1/s1. The summed E-state index contributed by atoms with van der Waals surface area (Å²) in [5, 5.41) is 16.5. The highest BCUT2D eigenvalue weighted by Crippen LogP contribution is 2.32. The van der Waals surface area contributed by atoms with Crippen molar-refractivity contribution in [3.63, 3.8) is 0 Å². The number of benzene rings is 3. The Labute approximate surface area is 238 Å². The van der Waals surface area contributed by atoms with Crippen LogP contribution in [-0.4, -0.2) is 56.9 Å². The number of likely N-dealkylation sites (tertiary alicyclic amines) is 1. The second-order valence-electron chi connectivity index (χ2n) is 10.1. The number of primary amides is 1. The molecule has 1 saturated heterocycles. The maximum absolute atomic E-state index is 15.7. The fourth-order valence-electron chi connectivity index (χ4n) is 5.47. The Hall–Kier alpha value is -5.44. The molecule has 10 nitrogen and oxygen atoms in total. The first-order valence-electron chi connectivity index (χ1n) is 13.1. The molecular weight excluding hydrogens is 544 g/mol. The third kappa shape index (κ3) is 4.64. The molecule has 6 rings (SSSR count). The Bertz CT molecular complexity index is 1860. The first-order valence-corrected chi connectivity index (χ1v) is 13.1. The lowest BCUT2D eigenvalue weighted by molar-refractivity contribution is -0.137. The van der Waals surface area contributed by atoms with E-state index in [1.807, 2.05) is 6.07 Å². The van der Waals surface area contributed by atoms with Gasteiger partial charge in [0.15, 0.2) is 11.5 Å². The van der Waals surface area contributed by atoms with E-state index in [4.69, 9.17) is 5.73 Å². The normalized spacial score (nSPS) is 17.5. The molecule has 3 heterocycles. The number of hydrogen-bond donors (Lipinski definition) is 2. The zero-order chi connectivity index (χ0) is 29.5. The molecule has 3 N–H and O–H groups in total. The van der Waals surface area contributed by atoms with Crippen molar-refractivity contribution in [2.45, 2.75) is 31.7 Å². The number of nitrogens with one attached hydrogen (secondary N) is 1. The highest BCUT2D eigenvalue weighted by atomic mass is 19.1. The van der Waals surface area contributed by atoms with E-state index in [1.54, 1.807) is 54.6 Å². The lowest BCUT2D eigenvalue weighted by Crippen LogP contribution is -2.44. The number of para-hydroxylation sites is 1. The molecule has 42 heavy (non-hydrogen) atoms. The molecule has 0 bridgehead atoms. The number of alkyl halides is 1. The van der Waals surface area contributed by atoms with Crippen LogP contribution in [0, 0.1) is 17.1 Å². The lowest BCUT2D eigenvalue weighted by atomic mass is 9.97. The number of rotatable bonds is 6. The lowest BCUT2D eigenvalue weighted by Gasteiger charge is -2.24. The fourth-order valence-corrected chi connectivity index (χ4v) is 5.47. The molecule has 2 aliphatic rings. The molecule has 210 valence electrons. The van der Waals surface area contributed by atoms with Gasteiger partial charge in [-0.1, -0.05) is 42.5 Å². The number of nitriles is 1. The number of carbonyl (C=O) groups excluding carboxylic acids is 3. The van der Waals surface area contributed by atoms with Crippen LogP contribution < -0.4 is 11.1 Å². The number of halogens is 2. The number of nitrogens with two attached hydrogens (primary N) is 1. The van der Waals surface area contributed by atoms with Gasteiger partial charge in [0.1, 0.15) is 30.5 Å². The number of anilines is 1. The summed E-state index contributed by atoms with van der Waals surface area (Å²) in [7, 11) is 0. The van der Waals surface area contributed by atoms with Crippen molar-refractivity contribution in [2.75, 3.05) is 11.9 Å². The van der Waals surface area contributed by atoms with Crippen LogP contribution in [0.25, 0.3) is 22.0 Å². The molecule has 2 atom stereocenters. The summed E-state index contributed by atoms with van der Waals surface area (Å²) in [6, 6.07) is 17.2. The quantitative estimate of drug-likeness (QED) is 0.367. The highest BCUT2D eigenvalue weighted by molar-refractivity contribution is 6.14. The van der Waals surface area contributed by atoms with Crippen LogP contribution in [0.3, 0.4) is 0 Å². The van der Waals surface area contributed by atoms with E-state index in [1.165, 1.54) is 10.7 Å². The van der Waals surface area contributed by atoms with Crippen molar-refractivity contribution >= 4 is 40.0 Å². The minimum Gasteiger partial charge on any atom is -0.364 e. The molecule has 3 aromatic carbocycles. The summed E-state index contributed by atoms with van der Waals surface area (Å²) < 4.78 is 31.5. The van der Waals surface area contributed by atoms with Gasteiger partial charge in [0.25, 0.3) is 5.91 Å². The van der Waals surface area contributed by atoms with Gasteiger partial charge in [0, 0.05) is 22.9 Å². The van der Waals surface area contributed by atoms with Gasteiger partial charge in [-0.15, -0.1) is 0 Å². The van der Waals surface area contributed by atoms with Crippen LogP contribution in [0.4, 0.5) is 14.5 Å². The Kier molecular flexibility index (Phi) is 6.70. The van der Waals surface area contributed by atoms with E-state index in [0.29, 0.717) is 28.6 Å². The summed E-state index contributed by atoms with van der Waals surface area (Å²) in [4.78, 5) is 43.7. The van der Waals surface area contributed by atoms with Crippen LogP contribution in [0.15, 0.2) is 65.7 Å². The minimum atomic E-state index is -1.46. The van der Waals surface area contributed by atoms with E-state index in [-0.39, 0.29) is 42.2 Å². The first-order chi connectivity index (χ1) is 20.2. The number of aliphatic imine (C=N–C) groups is 1. The van der Waals surface area contributed by atoms with E-state index in [0.717, 1.165) is 10.5 Å². The minimum absolute atomic E-state index is 0.00709. The SMILES string of the molecule is N#CC1=NCc2ccc(-c3cccc(NC(=O)[C@@H]4C[C@@H](F)CN4C(=O)Cn4nc(C(N)=O)c5ccccc54)c3F)cc21. The molecule has 0 spiro atoms. The molecular formula is C30H23F2N7O3. The maximum atomic E-state index is 15.7. The predicted octanol–water partition coefficient (Wildman–Crippen LogP) is 3.35. The Balaban J connectivity index is 1.23. The van der Waals surface area contributed by atoms with E-state index >= 15 is 4.39 Å². The van der Waals surface area contributed by atoms with E-state index in [9.17, 15) is 24.0 Å². The van der Waals surface area contributed by atoms with Crippen molar-refractivity contribution in [1.29, 1.82) is 5.26 Å². The molecule has 0 saturated carbocycles. The van der Waals surface area contributed by atoms with Crippen LogP contribution in [0.1, 0.15) is 28.0 Å². The second-order valence-corrected chi connectivity index (χ2v) is 10.1. The average Bonchev–Trinajstić information content (AvgIpc) is 3.69. The molecule has 2 aliphatic heterocycles. The van der Waals surface area contributed by atoms with Crippen molar-refractivity contribution in [2.24, 2.45) is 10.7 Å². The Morgan fingerprint density at radius 2 is 1.90 bits per heavy atom. The largest absolute Gasteiger partial charge is 0.364 e. The molecule has 4 aromatic rings. The zero-order valence-corrected chi connectivity index (χ0v) is 22.1. The van der Waals surface area contributed by atoms with Gasteiger partial charge < -0.3 is 16.0 Å². The molecule has 0 radical (unpaired) electrons. The van der Waals surface area contributed by atoms with Crippen molar-refractivity contribution in [3.05, 3.63) is 83.3 Å². The van der Waals surface area contributed by atoms with Gasteiger partial charge in [0.05, 0.1) is 24.3 Å². The fraction of sp³-hybridized carbons (Fsp3) is 0.200. The van der Waals surface area contributed by atoms with E-state index < -0.39 is 35.8 Å². The summed E-state index contributed by atoms with van der Waals surface area (Å²) in [6.07, 6.45) is -1.72. The van der Waals surface area contributed by atoms with Gasteiger partial charge in [-0.3, -0.25) is 24.1 Å². The summed E-state index contributed by atoms with van der Waals surface area (Å²) in [5.74, 6) is -2.81. The maximum Gasteiger partial charge on any atom is 0.269 e. The molecule has 1 fully saturated rings. The molecule has 1 aromatic heterocycles. The first kappa shape index (κ1) is 26.8. The molecule has 0 unspecified atom stereocenters. The third-order valence-electron chi connectivity index (χ3n) is 7.50. The van der Waals surface area contributed by atoms with E-state index in [2.05, 4.69) is 15.4 Å². The van der Waals surface area contributed by atoms with Gasteiger partial charge >= 0.3 is 0 Å². The number of fused-ring (bicyclic) bond motifs is 2. The smallest absolute Gasteiger partial charge is 0.269 e. The number of hydrogen-bond acceptors (Lipinski definition) is 6. The number of aromatic nitrogens is 2. The molecule has 3 amide bonds. The average molecular weight is 568 g/mol. The summed E-state index contributed by atoms with van der Waals surface area (Å²) in [6.45, 7) is -0.300. The van der Waals surface area contributed by atoms with Crippen molar-refractivity contribution in [1.82, 2.24) is 14.7 Å². The second kappa shape index (κ2) is 10.5. The number of amides is 3. The highest BCUT2D eigenvalue weighted by Gasteiger charge is 2.40. The summed E-state index contributed by atoms with van der Waals surface area (Å²) in [5.41, 5.74) is 8.23. The van der Waals surface area contributed by atoms with Crippen LogP contribution >= 0.6 is 0 Å². The van der Waals surface area contributed by atoms with Gasteiger partial charge in [-0.2, -0.15) is 10.4 Å². The molecule has 12 heteroatoms. The van der Waals surface area contributed by atoms with Gasteiger partial charge in [-0.25, -0.2) is 8.78 Å².